The molecule has 0 aliphatic heterocycles. The van der Waals surface area contributed by atoms with Gasteiger partial charge in [0.15, 0.2) is 0 Å². The number of nitro benzene ring substituents is 1. The summed E-state index contributed by atoms with van der Waals surface area (Å²) in [5.41, 5.74) is -0.372. The fourth-order valence-corrected chi connectivity index (χ4v) is 2.80. The lowest BCUT2D eigenvalue weighted by molar-refractivity contribution is -0.384. The Morgan fingerprint density at radius 1 is 1.29 bits per heavy atom. The maximum atomic E-state index is 12.8. The quantitative estimate of drug-likeness (QED) is 0.532. The Bertz CT molecular complexity index is 702. The third-order valence-corrected chi connectivity index (χ3v) is 4.49. The first kappa shape index (κ1) is 19.8. The van der Waals surface area contributed by atoms with E-state index < -0.39 is 57.3 Å². The first-order valence-corrected chi connectivity index (χ1v) is 7.94. The molecule has 1 aromatic carbocycles. The molecule has 0 saturated heterocycles. The van der Waals surface area contributed by atoms with E-state index in [0.717, 1.165) is 24.3 Å². The number of halogens is 3. The van der Waals surface area contributed by atoms with E-state index in [4.69, 9.17) is 5.11 Å². The van der Waals surface area contributed by atoms with Crippen LogP contribution in [0.3, 0.4) is 0 Å². The highest BCUT2D eigenvalue weighted by atomic mass is 32.2. The Labute approximate surface area is 134 Å². The zero-order valence-electron chi connectivity index (χ0n) is 12.0. The summed E-state index contributed by atoms with van der Waals surface area (Å²) in [6.45, 7) is -1.03. The van der Waals surface area contributed by atoms with E-state index in [0.29, 0.717) is 0 Å². The van der Waals surface area contributed by atoms with Gasteiger partial charge in [0.25, 0.3) is 5.69 Å². The Morgan fingerprint density at radius 2 is 1.83 bits per heavy atom. The normalized spacial score (nSPS) is 13.5. The van der Waals surface area contributed by atoms with Crippen LogP contribution in [0.25, 0.3) is 0 Å². The van der Waals surface area contributed by atoms with Gasteiger partial charge in [-0.3, -0.25) is 14.9 Å². The summed E-state index contributed by atoms with van der Waals surface area (Å²) in [5, 5.41) is 18.9. The van der Waals surface area contributed by atoms with Crippen molar-refractivity contribution >= 4 is 21.7 Å². The number of hydrogen-bond acceptors (Lipinski definition) is 5. The van der Waals surface area contributed by atoms with Crippen molar-refractivity contribution in [1.29, 1.82) is 0 Å². The van der Waals surface area contributed by atoms with Crippen LogP contribution in [0.2, 0.25) is 0 Å². The zero-order valence-corrected chi connectivity index (χ0v) is 12.8. The Morgan fingerprint density at radius 3 is 2.25 bits per heavy atom. The second kappa shape index (κ2) is 7.57. The van der Waals surface area contributed by atoms with Crippen molar-refractivity contribution in [3.05, 3.63) is 34.4 Å². The SMILES string of the molecule is O=C(O)CC[C@@H](CNS(=O)(=O)c1ccc([N+](=O)[O-])cc1)C(F)(F)F. The second-order valence-corrected chi connectivity index (χ2v) is 6.54. The van der Waals surface area contributed by atoms with E-state index in [1.807, 2.05) is 0 Å². The molecule has 0 heterocycles. The van der Waals surface area contributed by atoms with Gasteiger partial charge < -0.3 is 5.11 Å². The van der Waals surface area contributed by atoms with E-state index in [1.54, 1.807) is 4.72 Å². The number of nitrogens with zero attached hydrogens (tertiary/aromatic N) is 1. The summed E-state index contributed by atoms with van der Waals surface area (Å²) >= 11 is 0. The predicted octanol–water partition coefficient (Wildman–Crippen LogP) is 1.92. The van der Waals surface area contributed by atoms with Gasteiger partial charge in [0, 0.05) is 25.1 Å². The molecule has 134 valence electrons. The molecule has 0 aliphatic carbocycles. The second-order valence-electron chi connectivity index (χ2n) is 4.77. The number of alkyl halides is 3. The minimum atomic E-state index is -4.77. The number of aliphatic carboxylic acids is 1. The Kier molecular flexibility index (Phi) is 6.26. The lowest BCUT2D eigenvalue weighted by Crippen LogP contribution is -2.36. The highest BCUT2D eigenvalue weighted by molar-refractivity contribution is 7.89. The number of sulfonamides is 1. The van der Waals surface area contributed by atoms with Gasteiger partial charge in [0.1, 0.15) is 0 Å². The molecule has 0 saturated carbocycles. The predicted molar refractivity (Wildman–Crippen MR) is 74.7 cm³/mol. The summed E-state index contributed by atoms with van der Waals surface area (Å²) in [6, 6.07) is 3.58. The van der Waals surface area contributed by atoms with E-state index in [9.17, 15) is 36.5 Å². The Balaban J connectivity index is 2.84. The van der Waals surface area contributed by atoms with Gasteiger partial charge in [-0.1, -0.05) is 0 Å². The largest absolute Gasteiger partial charge is 0.481 e. The highest BCUT2D eigenvalue weighted by Crippen LogP contribution is 2.29. The molecule has 0 unspecified atom stereocenters. The summed E-state index contributed by atoms with van der Waals surface area (Å²) < 4.78 is 63.9. The van der Waals surface area contributed by atoms with Crippen LogP contribution in [-0.2, 0) is 14.8 Å². The van der Waals surface area contributed by atoms with E-state index in [-0.39, 0.29) is 5.69 Å². The molecule has 0 spiro atoms. The van der Waals surface area contributed by atoms with Gasteiger partial charge in [-0.2, -0.15) is 13.2 Å². The molecule has 1 rings (SSSR count). The van der Waals surface area contributed by atoms with Crippen molar-refractivity contribution in [3.63, 3.8) is 0 Å². The maximum absolute atomic E-state index is 12.8. The number of carboxylic acids is 1. The van der Waals surface area contributed by atoms with Crippen LogP contribution in [0.4, 0.5) is 18.9 Å². The molecule has 0 fully saturated rings. The molecule has 12 heteroatoms. The number of nitro groups is 1. The third-order valence-electron chi connectivity index (χ3n) is 3.05. The van der Waals surface area contributed by atoms with Gasteiger partial charge in [-0.15, -0.1) is 0 Å². The van der Waals surface area contributed by atoms with Crippen LogP contribution in [0.5, 0.6) is 0 Å². The lowest BCUT2D eigenvalue weighted by atomic mass is 10.0. The molecule has 8 nitrogen and oxygen atoms in total. The first-order valence-electron chi connectivity index (χ1n) is 6.46. The van der Waals surface area contributed by atoms with Gasteiger partial charge in [-0.25, -0.2) is 13.1 Å². The van der Waals surface area contributed by atoms with Gasteiger partial charge >= 0.3 is 12.1 Å². The van der Waals surface area contributed by atoms with E-state index in [1.165, 1.54) is 0 Å². The fraction of sp³-hybridized carbons (Fsp3) is 0.417. The number of hydrogen-bond donors (Lipinski definition) is 2. The van der Waals surface area contributed by atoms with Crippen molar-refractivity contribution in [2.75, 3.05) is 6.54 Å². The average Bonchev–Trinajstić information content (AvgIpc) is 2.45. The molecule has 0 aromatic heterocycles. The van der Waals surface area contributed by atoms with Crippen molar-refractivity contribution in [2.45, 2.75) is 23.9 Å². The van der Waals surface area contributed by atoms with Crippen molar-refractivity contribution < 1.29 is 36.4 Å². The van der Waals surface area contributed by atoms with Crippen LogP contribution >= 0.6 is 0 Å². The molecule has 1 aromatic rings. The minimum Gasteiger partial charge on any atom is -0.481 e. The molecule has 0 amide bonds. The van der Waals surface area contributed by atoms with Gasteiger partial charge in [0.05, 0.1) is 15.7 Å². The number of nitrogens with one attached hydrogen (secondary N) is 1. The Hall–Kier alpha value is -2.21. The standard InChI is InChI=1S/C12H13F3N2O6S/c13-12(14,15)8(1-6-11(18)19)7-16-24(22,23)10-4-2-9(3-5-10)17(20)21/h2-5,8,16H,1,6-7H2,(H,18,19)/t8-/m0/s1. The monoisotopic (exact) mass is 370 g/mol. The molecule has 2 N–H and O–H groups in total. The zero-order chi connectivity index (χ0) is 18.5. The molecule has 0 radical (unpaired) electrons. The summed E-state index contributed by atoms with van der Waals surface area (Å²) in [6.07, 6.45) is -6.31. The fourth-order valence-electron chi connectivity index (χ4n) is 1.72. The number of carboxylic acid groups (broad SMARTS) is 1. The number of carbonyl (C=O) groups is 1. The van der Waals surface area contributed by atoms with Gasteiger partial charge in [-0.05, 0) is 18.6 Å². The maximum Gasteiger partial charge on any atom is 0.393 e. The van der Waals surface area contributed by atoms with Crippen molar-refractivity contribution in [1.82, 2.24) is 4.72 Å². The topological polar surface area (TPSA) is 127 Å². The van der Waals surface area contributed by atoms with Crippen LogP contribution in [-0.4, -0.2) is 37.1 Å². The van der Waals surface area contributed by atoms with Crippen molar-refractivity contribution in [2.24, 2.45) is 5.92 Å². The first-order chi connectivity index (χ1) is 10.9. The molecule has 0 aliphatic rings. The van der Waals surface area contributed by atoms with Crippen LogP contribution in [0, 0.1) is 16.0 Å². The third kappa shape index (κ3) is 5.77. The molecule has 24 heavy (non-hydrogen) atoms. The van der Waals surface area contributed by atoms with E-state index >= 15 is 0 Å². The smallest absolute Gasteiger partial charge is 0.393 e. The van der Waals surface area contributed by atoms with E-state index in [2.05, 4.69) is 0 Å². The number of non-ortho nitro benzene ring substituents is 1. The molecular weight excluding hydrogens is 357 g/mol. The van der Waals surface area contributed by atoms with Crippen LogP contribution in [0.15, 0.2) is 29.2 Å². The number of benzene rings is 1. The van der Waals surface area contributed by atoms with Crippen LogP contribution in [0.1, 0.15) is 12.8 Å². The number of rotatable bonds is 8. The average molecular weight is 370 g/mol. The lowest BCUT2D eigenvalue weighted by Gasteiger charge is -2.20. The van der Waals surface area contributed by atoms with Crippen molar-refractivity contribution in [3.8, 4) is 0 Å². The van der Waals surface area contributed by atoms with Crippen LogP contribution < -0.4 is 4.72 Å². The highest BCUT2D eigenvalue weighted by Gasteiger charge is 2.40. The minimum absolute atomic E-state index is 0.372. The van der Waals surface area contributed by atoms with Gasteiger partial charge in [0.2, 0.25) is 10.0 Å². The molecular formula is C12H13F3N2O6S. The summed E-state index contributed by atoms with van der Waals surface area (Å²) in [4.78, 5) is 19.7. The molecule has 0 bridgehead atoms. The summed E-state index contributed by atoms with van der Waals surface area (Å²) in [7, 11) is -4.32. The molecule has 1 atom stereocenters. The summed E-state index contributed by atoms with van der Waals surface area (Å²) in [5.74, 6) is -3.59.